The number of carboxylic acid groups (broad SMARTS) is 1. The first kappa shape index (κ1) is 22.2. The lowest BCUT2D eigenvalue weighted by molar-refractivity contribution is -0.191. The highest BCUT2D eigenvalue weighted by molar-refractivity contribution is 7.97. The Morgan fingerprint density at radius 3 is 2.27 bits per heavy atom. The number of carbonyl (C=O) groups excluding carboxylic acids is 4. The smallest absolute Gasteiger partial charge is 0.373 e. The van der Waals surface area contributed by atoms with Crippen LogP contribution in [0.4, 0.5) is 0 Å². The molecule has 0 aromatic heterocycles. The minimum atomic E-state index is -1.09. The first-order chi connectivity index (χ1) is 10.4. The highest BCUT2D eigenvalue weighted by atomic mass is 32.2. The molecule has 0 aliphatic rings. The van der Waals surface area contributed by atoms with Crippen LogP contribution >= 0.6 is 11.9 Å². The molecule has 0 radical (unpaired) electrons. The summed E-state index contributed by atoms with van der Waals surface area (Å²) in [7, 11) is 0. The van der Waals surface area contributed by atoms with E-state index in [4.69, 9.17) is 20.4 Å². The van der Waals surface area contributed by atoms with Crippen LogP contribution in [-0.2, 0) is 24.0 Å². The molecule has 1 atom stereocenters. The predicted octanol–water partition coefficient (Wildman–Crippen LogP) is -0.525. The van der Waals surface area contributed by atoms with Gasteiger partial charge in [-0.2, -0.15) is 9.59 Å². The maximum absolute atomic E-state index is 11.7. The lowest BCUT2D eigenvalue weighted by atomic mass is 10.1. The SMILES string of the molecule is NCCCC(=O)N[C@@H](CSN=O)C(=O)CCC(=O)O.O=C=O. The lowest BCUT2D eigenvalue weighted by Gasteiger charge is -2.15. The van der Waals surface area contributed by atoms with Gasteiger partial charge in [0.05, 0.1) is 12.5 Å². The number of nitrogens with zero attached hydrogens (tertiary/aromatic N) is 1. The van der Waals surface area contributed by atoms with Gasteiger partial charge in [-0.3, -0.25) is 14.4 Å². The first-order valence-electron chi connectivity index (χ1n) is 6.10. The first-order valence-corrected chi connectivity index (χ1v) is 7.05. The maximum Gasteiger partial charge on any atom is 0.373 e. The van der Waals surface area contributed by atoms with Crippen LogP contribution in [0.5, 0.6) is 0 Å². The molecular formula is C11H17N3O7S. The monoisotopic (exact) mass is 335 g/mol. The van der Waals surface area contributed by atoms with Crippen LogP contribution in [0.2, 0.25) is 0 Å². The van der Waals surface area contributed by atoms with Gasteiger partial charge in [0, 0.05) is 35.1 Å². The Hall–Kier alpha value is -2.10. The molecule has 4 N–H and O–H groups in total. The van der Waals surface area contributed by atoms with Crippen molar-refractivity contribution in [3.05, 3.63) is 4.91 Å². The molecule has 0 unspecified atom stereocenters. The van der Waals surface area contributed by atoms with E-state index in [2.05, 4.69) is 9.90 Å². The second-order valence-corrected chi connectivity index (χ2v) is 4.57. The van der Waals surface area contributed by atoms with Crippen molar-refractivity contribution in [3.8, 4) is 0 Å². The van der Waals surface area contributed by atoms with Gasteiger partial charge in [-0.05, 0) is 13.0 Å². The molecule has 0 heterocycles. The number of rotatable bonds is 11. The summed E-state index contributed by atoms with van der Waals surface area (Å²) < 4.78 is 2.55. The van der Waals surface area contributed by atoms with Gasteiger partial charge in [-0.1, -0.05) is 0 Å². The Bertz CT molecular complexity index is 410. The maximum atomic E-state index is 11.7. The van der Waals surface area contributed by atoms with Crippen molar-refractivity contribution in [2.75, 3.05) is 12.3 Å². The predicted molar refractivity (Wildman–Crippen MR) is 75.4 cm³/mol. The zero-order valence-electron chi connectivity index (χ0n) is 11.6. The number of amides is 1. The third-order valence-corrected chi connectivity index (χ3v) is 2.80. The second-order valence-electron chi connectivity index (χ2n) is 3.83. The van der Waals surface area contributed by atoms with E-state index in [0.29, 0.717) is 24.9 Å². The molecule has 124 valence electrons. The number of hydrogen-bond acceptors (Lipinski definition) is 9. The number of carbonyl (C=O) groups is 3. The largest absolute Gasteiger partial charge is 0.481 e. The van der Waals surface area contributed by atoms with Crippen molar-refractivity contribution in [1.82, 2.24) is 5.32 Å². The van der Waals surface area contributed by atoms with E-state index in [9.17, 15) is 19.3 Å². The van der Waals surface area contributed by atoms with E-state index < -0.39 is 17.8 Å². The van der Waals surface area contributed by atoms with Crippen molar-refractivity contribution in [2.24, 2.45) is 10.3 Å². The molecule has 0 saturated heterocycles. The zero-order valence-corrected chi connectivity index (χ0v) is 12.5. The second kappa shape index (κ2) is 15.3. The molecule has 0 aromatic rings. The molecule has 0 saturated carbocycles. The van der Waals surface area contributed by atoms with E-state index >= 15 is 0 Å². The number of nitrogens with one attached hydrogen (secondary N) is 1. The molecule has 0 spiro atoms. The minimum Gasteiger partial charge on any atom is -0.481 e. The Kier molecular flexibility index (Phi) is 15.4. The van der Waals surface area contributed by atoms with Crippen LogP contribution in [0.15, 0.2) is 4.58 Å². The molecule has 0 aliphatic heterocycles. The number of nitroso groups, excluding NO2 is 1. The Morgan fingerprint density at radius 1 is 1.23 bits per heavy atom. The third-order valence-electron chi connectivity index (χ3n) is 2.21. The van der Waals surface area contributed by atoms with Crippen molar-refractivity contribution in [1.29, 1.82) is 0 Å². The lowest BCUT2D eigenvalue weighted by Crippen LogP contribution is -2.42. The van der Waals surface area contributed by atoms with Crippen LogP contribution in [-0.4, -0.2) is 47.3 Å². The summed E-state index contributed by atoms with van der Waals surface area (Å²) in [4.78, 5) is 59.8. The van der Waals surface area contributed by atoms with E-state index in [0.717, 1.165) is 0 Å². The summed E-state index contributed by atoms with van der Waals surface area (Å²) in [6, 6.07) is -0.896. The molecule has 0 bridgehead atoms. The Labute approximate surface area is 130 Å². The van der Waals surface area contributed by atoms with Crippen LogP contribution in [0.3, 0.4) is 0 Å². The Balaban J connectivity index is 0. The van der Waals surface area contributed by atoms with Crippen molar-refractivity contribution in [3.63, 3.8) is 0 Å². The number of hydrogen-bond donors (Lipinski definition) is 3. The van der Waals surface area contributed by atoms with Crippen LogP contribution in [0, 0.1) is 4.91 Å². The molecule has 0 fully saturated rings. The fourth-order valence-corrected chi connectivity index (χ4v) is 1.73. The Morgan fingerprint density at radius 2 is 1.82 bits per heavy atom. The summed E-state index contributed by atoms with van der Waals surface area (Å²) in [5, 5.41) is 10.9. The van der Waals surface area contributed by atoms with E-state index in [-0.39, 0.29) is 37.1 Å². The molecule has 22 heavy (non-hydrogen) atoms. The van der Waals surface area contributed by atoms with Gasteiger partial charge in [-0.15, -0.1) is 4.91 Å². The molecule has 0 aliphatic carbocycles. The van der Waals surface area contributed by atoms with Crippen LogP contribution < -0.4 is 11.1 Å². The fraction of sp³-hybridized carbons (Fsp3) is 0.636. The van der Waals surface area contributed by atoms with E-state index in [1.165, 1.54) is 0 Å². The fourth-order valence-electron chi connectivity index (χ4n) is 1.25. The third kappa shape index (κ3) is 14.3. The molecule has 0 aromatic carbocycles. The van der Waals surface area contributed by atoms with Gasteiger partial charge in [0.1, 0.15) is 0 Å². The van der Waals surface area contributed by atoms with Crippen molar-refractivity contribution in [2.45, 2.75) is 31.7 Å². The summed E-state index contributed by atoms with van der Waals surface area (Å²) in [5.74, 6) is -1.89. The van der Waals surface area contributed by atoms with Gasteiger partial charge in [0.25, 0.3) is 0 Å². The molecular weight excluding hydrogens is 318 g/mol. The highest BCUT2D eigenvalue weighted by Crippen LogP contribution is 2.07. The number of ketones is 1. The topological polar surface area (TPSA) is 173 Å². The van der Waals surface area contributed by atoms with Gasteiger partial charge >= 0.3 is 12.1 Å². The summed E-state index contributed by atoms with van der Waals surface area (Å²) in [5.41, 5.74) is 5.26. The van der Waals surface area contributed by atoms with E-state index in [1.807, 2.05) is 0 Å². The highest BCUT2D eigenvalue weighted by Gasteiger charge is 2.21. The average molecular weight is 335 g/mol. The summed E-state index contributed by atoms with van der Waals surface area (Å²) in [6.45, 7) is 0.357. The minimum absolute atomic E-state index is 0.00365. The molecule has 11 heteroatoms. The average Bonchev–Trinajstić information content (AvgIpc) is 2.47. The molecule has 10 nitrogen and oxygen atoms in total. The number of Topliss-reactive ketones (excluding diaryl/α,β-unsaturated/α-hetero) is 1. The number of carboxylic acids is 1. The standard InChI is InChI=1S/C10H17N3O5S.CO2/c11-5-1-2-9(15)12-7(6-19-13-18)8(14)3-4-10(16)17;2-1-3/h7H,1-6,11H2,(H,12,15)(H,16,17);/t7-;/m0./s1. The van der Waals surface area contributed by atoms with Gasteiger partial charge in [0.15, 0.2) is 5.78 Å². The summed E-state index contributed by atoms with van der Waals surface area (Å²) >= 11 is 0.606. The normalized spacial score (nSPS) is 10.4. The summed E-state index contributed by atoms with van der Waals surface area (Å²) in [6.07, 6.45) is 0.406. The zero-order chi connectivity index (χ0) is 17.4. The van der Waals surface area contributed by atoms with Gasteiger partial charge < -0.3 is 16.2 Å². The van der Waals surface area contributed by atoms with Crippen LogP contribution in [0.1, 0.15) is 25.7 Å². The number of aliphatic carboxylic acids is 1. The van der Waals surface area contributed by atoms with Crippen molar-refractivity contribution >= 4 is 35.8 Å². The van der Waals surface area contributed by atoms with Gasteiger partial charge in [0.2, 0.25) is 5.91 Å². The molecule has 0 rings (SSSR count). The quantitative estimate of drug-likeness (QED) is 0.331. The van der Waals surface area contributed by atoms with Gasteiger partial charge in [-0.25, -0.2) is 0 Å². The number of nitrogens with two attached hydrogens (primary N) is 1. The van der Waals surface area contributed by atoms with E-state index in [1.54, 1.807) is 0 Å². The van der Waals surface area contributed by atoms with Crippen molar-refractivity contribution < 1.29 is 29.1 Å². The molecule has 1 amide bonds. The van der Waals surface area contributed by atoms with Crippen LogP contribution in [0.25, 0.3) is 0 Å².